The van der Waals surface area contributed by atoms with E-state index in [0.29, 0.717) is 27.8 Å². The number of ether oxygens (including phenoxy) is 1. The molecule has 0 aliphatic heterocycles. The Morgan fingerprint density at radius 3 is 2.56 bits per heavy atom. The lowest BCUT2D eigenvalue weighted by atomic mass is 10.2. The Balaban J connectivity index is 1.67. The Hall–Kier alpha value is -3.19. The largest absolute Gasteiger partial charge is 0.452 e. The number of para-hydroxylation sites is 1. The predicted octanol–water partition coefficient (Wildman–Crippen LogP) is 3.33. The van der Waals surface area contributed by atoms with Gasteiger partial charge in [0.1, 0.15) is 11.4 Å². The van der Waals surface area contributed by atoms with Crippen molar-refractivity contribution in [2.75, 3.05) is 11.9 Å². The molecule has 1 amide bonds. The number of pyridine rings is 1. The number of aromatic nitrogens is 3. The fourth-order valence-electron chi connectivity index (χ4n) is 2.59. The molecule has 3 rings (SSSR count). The van der Waals surface area contributed by atoms with E-state index in [-0.39, 0.29) is 0 Å². The zero-order valence-electron chi connectivity index (χ0n) is 14.8. The third kappa shape index (κ3) is 4.32. The van der Waals surface area contributed by atoms with Gasteiger partial charge < -0.3 is 10.1 Å². The molecule has 0 atom stereocenters. The molecule has 2 aromatic heterocycles. The summed E-state index contributed by atoms with van der Waals surface area (Å²) in [7, 11) is 0. The third-order valence-corrected chi connectivity index (χ3v) is 4.05. The second-order valence-corrected chi connectivity index (χ2v) is 6.22. The topological polar surface area (TPSA) is 86.1 Å². The Kier molecular flexibility index (Phi) is 5.52. The summed E-state index contributed by atoms with van der Waals surface area (Å²) in [5, 5.41) is 7.39. The first-order chi connectivity index (χ1) is 13.0. The smallest absolute Gasteiger partial charge is 0.342 e. The molecule has 0 saturated heterocycles. The van der Waals surface area contributed by atoms with Gasteiger partial charge in [-0.2, -0.15) is 5.10 Å². The van der Waals surface area contributed by atoms with Gasteiger partial charge in [0.05, 0.1) is 22.1 Å². The zero-order valence-corrected chi connectivity index (χ0v) is 15.5. The van der Waals surface area contributed by atoms with E-state index in [0.717, 1.165) is 5.69 Å². The van der Waals surface area contributed by atoms with Crippen LogP contribution in [0.3, 0.4) is 0 Å². The minimum Gasteiger partial charge on any atom is -0.452 e. The molecule has 138 valence electrons. The number of carbonyl (C=O) groups excluding carboxylic acids is 2. The van der Waals surface area contributed by atoms with Crippen molar-refractivity contribution in [3.8, 4) is 5.69 Å². The standard InChI is InChI=1S/C19H17ClN4O3/c1-12-18(13(2)24(23-12)15-6-4-3-5-7-15)19(26)27-11-17(25)22-16-9-8-14(20)10-21-16/h3-10H,11H2,1-2H3,(H,21,22,25). The molecule has 0 bridgehead atoms. The number of anilines is 1. The highest BCUT2D eigenvalue weighted by Crippen LogP contribution is 2.18. The van der Waals surface area contributed by atoms with Crippen molar-refractivity contribution in [1.82, 2.24) is 14.8 Å². The molecule has 8 heteroatoms. The van der Waals surface area contributed by atoms with Crippen LogP contribution in [0.4, 0.5) is 5.82 Å². The van der Waals surface area contributed by atoms with E-state index in [4.69, 9.17) is 16.3 Å². The molecule has 1 aromatic carbocycles. The number of nitrogens with zero attached hydrogens (tertiary/aromatic N) is 3. The van der Waals surface area contributed by atoms with Crippen LogP contribution in [0.2, 0.25) is 5.02 Å². The molecule has 27 heavy (non-hydrogen) atoms. The van der Waals surface area contributed by atoms with Crippen LogP contribution in [0.5, 0.6) is 0 Å². The maximum absolute atomic E-state index is 12.4. The monoisotopic (exact) mass is 384 g/mol. The van der Waals surface area contributed by atoms with Crippen molar-refractivity contribution < 1.29 is 14.3 Å². The maximum Gasteiger partial charge on any atom is 0.342 e. The van der Waals surface area contributed by atoms with E-state index in [1.54, 1.807) is 30.7 Å². The number of hydrogen-bond acceptors (Lipinski definition) is 5. The second kappa shape index (κ2) is 8.01. The normalized spacial score (nSPS) is 10.5. The van der Waals surface area contributed by atoms with Gasteiger partial charge in [-0.15, -0.1) is 0 Å². The lowest BCUT2D eigenvalue weighted by Crippen LogP contribution is -2.21. The molecule has 2 heterocycles. The quantitative estimate of drug-likeness (QED) is 0.682. The van der Waals surface area contributed by atoms with E-state index in [1.807, 2.05) is 30.3 Å². The van der Waals surface area contributed by atoms with Crippen molar-refractivity contribution in [2.24, 2.45) is 0 Å². The highest BCUT2D eigenvalue weighted by atomic mass is 35.5. The first kappa shape index (κ1) is 18.6. The van der Waals surface area contributed by atoms with Crippen LogP contribution in [0, 0.1) is 13.8 Å². The van der Waals surface area contributed by atoms with Gasteiger partial charge in [-0.1, -0.05) is 29.8 Å². The van der Waals surface area contributed by atoms with Crippen LogP contribution in [-0.4, -0.2) is 33.2 Å². The van der Waals surface area contributed by atoms with Crippen LogP contribution in [-0.2, 0) is 9.53 Å². The van der Waals surface area contributed by atoms with Crippen molar-refractivity contribution >= 4 is 29.3 Å². The summed E-state index contributed by atoms with van der Waals surface area (Å²) in [6, 6.07) is 12.6. The van der Waals surface area contributed by atoms with Gasteiger partial charge in [0, 0.05) is 6.20 Å². The Morgan fingerprint density at radius 2 is 1.89 bits per heavy atom. The van der Waals surface area contributed by atoms with Gasteiger partial charge in [-0.25, -0.2) is 14.5 Å². The van der Waals surface area contributed by atoms with Gasteiger partial charge in [0.2, 0.25) is 0 Å². The minimum absolute atomic E-state index is 0.324. The lowest BCUT2D eigenvalue weighted by molar-refractivity contribution is -0.119. The van der Waals surface area contributed by atoms with Gasteiger partial charge in [-0.05, 0) is 38.1 Å². The number of hydrogen-bond donors (Lipinski definition) is 1. The molecule has 0 radical (unpaired) electrons. The molecule has 0 aliphatic rings. The van der Waals surface area contributed by atoms with E-state index < -0.39 is 18.5 Å². The molecule has 0 fully saturated rings. The molecule has 0 unspecified atom stereocenters. The summed E-state index contributed by atoms with van der Waals surface area (Å²) < 4.78 is 6.81. The van der Waals surface area contributed by atoms with Crippen molar-refractivity contribution in [3.63, 3.8) is 0 Å². The van der Waals surface area contributed by atoms with Gasteiger partial charge in [0.25, 0.3) is 5.91 Å². The summed E-state index contributed by atoms with van der Waals surface area (Å²) >= 11 is 5.74. The number of halogens is 1. The van der Waals surface area contributed by atoms with Crippen LogP contribution >= 0.6 is 11.6 Å². The molecule has 0 spiro atoms. The van der Waals surface area contributed by atoms with Crippen LogP contribution in [0.25, 0.3) is 5.69 Å². The fourth-order valence-corrected chi connectivity index (χ4v) is 2.70. The number of carbonyl (C=O) groups is 2. The first-order valence-electron chi connectivity index (χ1n) is 8.16. The molecule has 0 aliphatic carbocycles. The number of amides is 1. The minimum atomic E-state index is -0.605. The van der Waals surface area contributed by atoms with Gasteiger partial charge in [0.15, 0.2) is 6.61 Å². The number of esters is 1. The summed E-state index contributed by atoms with van der Waals surface area (Å²) in [6.45, 7) is 3.07. The van der Waals surface area contributed by atoms with Crippen molar-refractivity contribution in [2.45, 2.75) is 13.8 Å². The van der Waals surface area contributed by atoms with Crippen molar-refractivity contribution in [1.29, 1.82) is 0 Å². The highest BCUT2D eigenvalue weighted by molar-refractivity contribution is 6.30. The lowest BCUT2D eigenvalue weighted by Gasteiger charge is -2.07. The summed E-state index contributed by atoms with van der Waals surface area (Å²) in [6.07, 6.45) is 1.41. The Bertz CT molecular complexity index is 969. The molecular weight excluding hydrogens is 368 g/mol. The fraction of sp³-hybridized carbons (Fsp3) is 0.158. The van der Waals surface area contributed by atoms with E-state index in [9.17, 15) is 9.59 Å². The number of rotatable bonds is 5. The van der Waals surface area contributed by atoms with Gasteiger partial charge >= 0.3 is 5.97 Å². The van der Waals surface area contributed by atoms with E-state index >= 15 is 0 Å². The molecule has 3 aromatic rings. The average Bonchev–Trinajstić information content (AvgIpc) is 2.97. The molecule has 1 N–H and O–H groups in total. The molecule has 0 saturated carbocycles. The van der Waals surface area contributed by atoms with E-state index in [1.165, 1.54) is 6.20 Å². The SMILES string of the molecule is Cc1nn(-c2ccccc2)c(C)c1C(=O)OCC(=O)Nc1ccc(Cl)cn1. The van der Waals surface area contributed by atoms with E-state index in [2.05, 4.69) is 15.4 Å². The Labute approximate surface area is 160 Å². The predicted molar refractivity (Wildman–Crippen MR) is 101 cm³/mol. The first-order valence-corrected chi connectivity index (χ1v) is 8.53. The number of aryl methyl sites for hydroxylation is 1. The number of nitrogens with one attached hydrogen (secondary N) is 1. The maximum atomic E-state index is 12.4. The zero-order chi connectivity index (χ0) is 19.4. The van der Waals surface area contributed by atoms with Crippen LogP contribution < -0.4 is 5.32 Å². The summed E-state index contributed by atoms with van der Waals surface area (Å²) in [5.41, 5.74) is 2.35. The van der Waals surface area contributed by atoms with Crippen LogP contribution in [0.15, 0.2) is 48.7 Å². The molecular formula is C19H17ClN4O3. The second-order valence-electron chi connectivity index (χ2n) is 5.78. The summed E-state index contributed by atoms with van der Waals surface area (Å²) in [4.78, 5) is 28.3. The van der Waals surface area contributed by atoms with Gasteiger partial charge in [-0.3, -0.25) is 4.79 Å². The van der Waals surface area contributed by atoms with Crippen molar-refractivity contribution in [3.05, 3.63) is 70.6 Å². The van der Waals surface area contributed by atoms with Crippen LogP contribution in [0.1, 0.15) is 21.7 Å². The average molecular weight is 385 g/mol. The number of benzene rings is 1. The molecule has 7 nitrogen and oxygen atoms in total. The summed E-state index contributed by atoms with van der Waals surface area (Å²) in [5.74, 6) is -0.778. The Morgan fingerprint density at radius 1 is 1.15 bits per heavy atom. The highest BCUT2D eigenvalue weighted by Gasteiger charge is 2.21. The third-order valence-electron chi connectivity index (χ3n) is 3.83.